The normalized spacial score (nSPS) is 16.8. The Morgan fingerprint density at radius 3 is 2.30 bits per heavy atom. The van der Waals surface area contributed by atoms with E-state index in [-0.39, 0.29) is 11.5 Å². The lowest BCUT2D eigenvalue weighted by molar-refractivity contribution is -0.113. The first kappa shape index (κ1) is 26.1. The summed E-state index contributed by atoms with van der Waals surface area (Å²) in [6, 6.07) is 24.5. The Balaban J connectivity index is 1.41. The van der Waals surface area contributed by atoms with E-state index in [0.717, 1.165) is 22.6 Å². The number of hydrogen-bond donors (Lipinski definition) is 0. The molecule has 4 aromatic rings. The van der Waals surface area contributed by atoms with E-state index in [9.17, 15) is 9.59 Å². The molecule has 1 saturated heterocycles. The van der Waals surface area contributed by atoms with Crippen LogP contribution >= 0.6 is 35.7 Å². The van der Waals surface area contributed by atoms with Gasteiger partial charge in [0.1, 0.15) is 26.9 Å². The number of aryl methyl sites for hydroxylation is 1. The van der Waals surface area contributed by atoms with E-state index >= 15 is 0 Å². The summed E-state index contributed by atoms with van der Waals surface area (Å²) in [5, 5.41) is 4.92. The lowest BCUT2D eigenvalue weighted by Gasteiger charge is -2.20. The second-order valence-electron chi connectivity index (χ2n) is 8.82. The Kier molecular flexibility index (Phi) is 7.01. The molecule has 2 aliphatic heterocycles. The topological polar surface area (TPSA) is 80.0 Å². The highest BCUT2D eigenvalue weighted by Crippen LogP contribution is 2.52. The van der Waals surface area contributed by atoms with Gasteiger partial charge in [-0.15, -0.1) is 0 Å². The number of fused-ring (bicyclic) bond motifs is 1. The van der Waals surface area contributed by atoms with Crippen LogP contribution in [-0.2, 0) is 4.79 Å². The molecule has 40 heavy (non-hydrogen) atoms. The van der Waals surface area contributed by atoms with Crippen molar-refractivity contribution >= 4 is 69.4 Å². The first-order chi connectivity index (χ1) is 19.4. The minimum Gasteiger partial charge on any atom is -0.497 e. The molecule has 198 valence electrons. The van der Waals surface area contributed by atoms with Crippen LogP contribution in [0.4, 0.5) is 17.2 Å². The van der Waals surface area contributed by atoms with Gasteiger partial charge in [-0.3, -0.25) is 19.4 Å². The van der Waals surface area contributed by atoms with Gasteiger partial charge in [-0.25, -0.2) is 4.98 Å². The number of amides is 1. The number of ether oxygens (including phenoxy) is 1. The molecule has 0 atom stereocenters. The number of carbonyl (C=O) groups is 1. The lowest BCUT2D eigenvalue weighted by atomic mass is 10.2. The Hall–Kier alpha value is -4.19. The fourth-order valence-corrected chi connectivity index (χ4v) is 6.76. The highest BCUT2D eigenvalue weighted by molar-refractivity contribution is 8.27. The van der Waals surface area contributed by atoms with Crippen LogP contribution in [-0.4, -0.2) is 33.2 Å². The van der Waals surface area contributed by atoms with Crippen LogP contribution in [0.5, 0.6) is 5.75 Å². The zero-order chi connectivity index (χ0) is 27.8. The first-order valence-corrected chi connectivity index (χ1v) is 14.2. The molecule has 11 heteroatoms. The van der Waals surface area contributed by atoms with Gasteiger partial charge in [-0.1, -0.05) is 71.6 Å². The summed E-state index contributed by atoms with van der Waals surface area (Å²) in [4.78, 5) is 36.1. The smallest absolute Gasteiger partial charge is 0.290 e. The standard InChI is InChI=1S/C29H21N5O3S3/c1-18-8-12-21(13-9-18)34-27(36)24(40-29(34)38)28-33(20-6-4-3-5-7-20)25-23(39-28)26(35)32(17-30-25)31-16-19-10-14-22(37-2)15-11-19/h3-17H,1-2H3. The molecular weight excluding hydrogens is 563 g/mol. The Labute approximate surface area is 244 Å². The van der Waals surface area contributed by atoms with Gasteiger partial charge in [0.05, 0.1) is 19.0 Å². The third-order valence-electron chi connectivity index (χ3n) is 6.23. The fraction of sp³-hybridized carbons (Fsp3) is 0.0690. The maximum absolute atomic E-state index is 13.8. The van der Waals surface area contributed by atoms with Gasteiger partial charge in [0, 0.05) is 5.69 Å². The summed E-state index contributed by atoms with van der Waals surface area (Å²) >= 11 is 8.04. The minimum atomic E-state index is -0.343. The molecule has 3 aromatic carbocycles. The molecule has 1 fully saturated rings. The van der Waals surface area contributed by atoms with Crippen molar-refractivity contribution in [3.8, 4) is 5.75 Å². The molecule has 0 spiro atoms. The minimum absolute atomic E-state index is 0.243. The van der Waals surface area contributed by atoms with E-state index in [1.54, 1.807) is 13.3 Å². The molecule has 8 nitrogen and oxygen atoms in total. The fourth-order valence-electron chi connectivity index (χ4n) is 4.19. The highest BCUT2D eigenvalue weighted by atomic mass is 32.2. The van der Waals surface area contributed by atoms with Crippen LogP contribution in [0.15, 0.2) is 110 Å². The molecule has 3 heterocycles. The number of carbonyl (C=O) groups excluding carboxylic acids is 1. The Morgan fingerprint density at radius 1 is 0.900 bits per heavy atom. The van der Waals surface area contributed by atoms with Crippen molar-refractivity contribution in [2.45, 2.75) is 11.8 Å². The lowest BCUT2D eigenvalue weighted by Crippen LogP contribution is -2.28. The number of benzene rings is 3. The van der Waals surface area contributed by atoms with Gasteiger partial charge < -0.3 is 4.74 Å². The molecule has 0 bridgehead atoms. The Bertz CT molecular complexity index is 1750. The number of aromatic nitrogens is 2. The van der Waals surface area contributed by atoms with Crippen molar-refractivity contribution in [2.75, 3.05) is 16.9 Å². The molecule has 0 aliphatic carbocycles. The van der Waals surface area contributed by atoms with E-state index in [4.69, 9.17) is 17.0 Å². The number of para-hydroxylation sites is 1. The monoisotopic (exact) mass is 583 g/mol. The largest absolute Gasteiger partial charge is 0.497 e. The van der Waals surface area contributed by atoms with Crippen LogP contribution in [0.25, 0.3) is 0 Å². The van der Waals surface area contributed by atoms with E-state index in [0.29, 0.717) is 30.7 Å². The van der Waals surface area contributed by atoms with Gasteiger partial charge in [0.2, 0.25) is 0 Å². The number of methoxy groups -OCH3 is 1. The summed E-state index contributed by atoms with van der Waals surface area (Å²) < 4.78 is 6.81. The van der Waals surface area contributed by atoms with Crippen LogP contribution in [0.3, 0.4) is 0 Å². The third kappa shape index (κ3) is 4.72. The number of nitrogens with zero attached hydrogens (tertiary/aromatic N) is 5. The van der Waals surface area contributed by atoms with Crippen LogP contribution in [0.2, 0.25) is 0 Å². The summed E-state index contributed by atoms with van der Waals surface area (Å²) in [6.45, 7) is 1.99. The summed E-state index contributed by atoms with van der Waals surface area (Å²) in [5.74, 6) is 0.923. The third-order valence-corrected chi connectivity index (χ3v) is 8.86. The van der Waals surface area contributed by atoms with Gasteiger partial charge in [0.15, 0.2) is 10.1 Å². The molecule has 1 aromatic heterocycles. The Morgan fingerprint density at radius 2 is 1.60 bits per heavy atom. The summed E-state index contributed by atoms with van der Waals surface area (Å²) in [7, 11) is 1.60. The van der Waals surface area contributed by atoms with Crippen LogP contribution < -0.4 is 20.1 Å². The zero-order valence-corrected chi connectivity index (χ0v) is 23.8. The molecule has 2 aliphatic rings. The van der Waals surface area contributed by atoms with Crippen molar-refractivity contribution in [2.24, 2.45) is 5.10 Å². The van der Waals surface area contributed by atoms with Crippen LogP contribution in [0, 0.1) is 6.92 Å². The van der Waals surface area contributed by atoms with Crippen molar-refractivity contribution in [1.82, 2.24) is 9.66 Å². The SMILES string of the molecule is COc1ccc(C=Nn2cnc3c(c2=O)SC(=C2SC(=S)N(c4ccc(C)cc4)C2=O)N3c2ccccc2)cc1. The summed E-state index contributed by atoms with van der Waals surface area (Å²) in [6.07, 6.45) is 2.97. The second-order valence-corrected chi connectivity index (χ2v) is 11.5. The maximum Gasteiger partial charge on any atom is 0.290 e. The van der Waals surface area contributed by atoms with E-state index in [2.05, 4.69) is 10.1 Å². The molecule has 0 N–H and O–H groups in total. The molecule has 0 unspecified atom stereocenters. The molecule has 0 saturated carbocycles. The zero-order valence-electron chi connectivity index (χ0n) is 21.3. The van der Waals surface area contributed by atoms with Crippen LogP contribution in [0.1, 0.15) is 11.1 Å². The van der Waals surface area contributed by atoms with Gasteiger partial charge in [-0.05, 0) is 61.0 Å². The average Bonchev–Trinajstić information content (AvgIpc) is 3.51. The van der Waals surface area contributed by atoms with Crippen molar-refractivity contribution in [3.05, 3.63) is 117 Å². The molecule has 6 rings (SSSR count). The number of anilines is 3. The van der Waals surface area contributed by atoms with Gasteiger partial charge in [0.25, 0.3) is 11.5 Å². The quantitative estimate of drug-likeness (QED) is 0.163. The average molecular weight is 584 g/mol. The number of thiocarbonyl (C=S) groups is 1. The number of rotatable bonds is 5. The van der Waals surface area contributed by atoms with Crippen molar-refractivity contribution in [1.29, 1.82) is 0 Å². The summed E-state index contributed by atoms with van der Waals surface area (Å²) in [5.41, 5.74) is 3.01. The predicted molar refractivity (Wildman–Crippen MR) is 165 cm³/mol. The first-order valence-electron chi connectivity index (χ1n) is 12.1. The number of thioether (sulfide) groups is 2. The molecule has 0 radical (unpaired) electrons. The van der Waals surface area contributed by atoms with Gasteiger partial charge >= 0.3 is 0 Å². The van der Waals surface area contributed by atoms with Crippen molar-refractivity contribution < 1.29 is 9.53 Å². The van der Waals surface area contributed by atoms with E-state index in [1.165, 1.54) is 39.4 Å². The second kappa shape index (κ2) is 10.8. The van der Waals surface area contributed by atoms with E-state index < -0.39 is 0 Å². The van der Waals surface area contributed by atoms with E-state index in [1.807, 2.05) is 90.7 Å². The van der Waals surface area contributed by atoms with Gasteiger partial charge in [-0.2, -0.15) is 9.78 Å². The van der Waals surface area contributed by atoms with Crippen molar-refractivity contribution in [3.63, 3.8) is 0 Å². The maximum atomic E-state index is 13.8. The number of hydrogen-bond acceptors (Lipinski definition) is 9. The predicted octanol–water partition coefficient (Wildman–Crippen LogP) is 5.92. The molecule has 1 amide bonds. The highest BCUT2D eigenvalue weighted by Gasteiger charge is 2.42. The molecular formula is C29H21N5O3S3.